The third kappa shape index (κ3) is 2.83. The summed E-state index contributed by atoms with van der Waals surface area (Å²) in [5, 5.41) is 12.8. The van der Waals surface area contributed by atoms with E-state index in [1.165, 1.54) is 12.8 Å². The van der Waals surface area contributed by atoms with Crippen molar-refractivity contribution in [2.24, 2.45) is 0 Å². The van der Waals surface area contributed by atoms with Crippen molar-refractivity contribution >= 4 is 0 Å². The molecule has 1 aliphatic rings. The molecule has 15 heavy (non-hydrogen) atoms. The van der Waals surface area contributed by atoms with Crippen molar-refractivity contribution in [2.45, 2.75) is 25.3 Å². The fourth-order valence-electron chi connectivity index (χ4n) is 1.74. The number of hydrogen-bond donors (Lipinski definition) is 2. The minimum Gasteiger partial charge on any atom is -0.503 e. The van der Waals surface area contributed by atoms with E-state index in [1.54, 1.807) is 18.3 Å². The van der Waals surface area contributed by atoms with E-state index >= 15 is 0 Å². The molecule has 0 aromatic carbocycles. The SMILES string of the molecule is Oc1cccnc1OC[C@@H]1CCCCN1. The molecule has 2 rings (SSSR count). The highest BCUT2D eigenvalue weighted by atomic mass is 16.5. The lowest BCUT2D eigenvalue weighted by Gasteiger charge is -2.23. The fraction of sp³-hybridized carbons (Fsp3) is 0.545. The molecule has 82 valence electrons. The van der Waals surface area contributed by atoms with Gasteiger partial charge in [-0.1, -0.05) is 6.42 Å². The van der Waals surface area contributed by atoms with Crippen LogP contribution in [0.2, 0.25) is 0 Å². The van der Waals surface area contributed by atoms with Gasteiger partial charge in [-0.2, -0.15) is 0 Å². The third-order valence-electron chi connectivity index (χ3n) is 2.58. The highest BCUT2D eigenvalue weighted by molar-refractivity contribution is 5.30. The van der Waals surface area contributed by atoms with Gasteiger partial charge in [0.2, 0.25) is 0 Å². The Morgan fingerprint density at radius 3 is 3.20 bits per heavy atom. The van der Waals surface area contributed by atoms with E-state index in [0.29, 0.717) is 18.5 Å². The molecule has 0 unspecified atom stereocenters. The maximum atomic E-state index is 9.43. The highest BCUT2D eigenvalue weighted by Gasteiger charge is 2.13. The van der Waals surface area contributed by atoms with Crippen LogP contribution in [0.5, 0.6) is 11.6 Å². The Balaban J connectivity index is 1.84. The first-order chi connectivity index (χ1) is 7.36. The molecule has 2 N–H and O–H groups in total. The molecule has 1 fully saturated rings. The molecule has 1 atom stereocenters. The van der Waals surface area contributed by atoms with Gasteiger partial charge in [-0.3, -0.25) is 0 Å². The lowest BCUT2D eigenvalue weighted by molar-refractivity contribution is 0.224. The molecular weight excluding hydrogens is 192 g/mol. The van der Waals surface area contributed by atoms with Crippen molar-refractivity contribution in [3.8, 4) is 11.6 Å². The molecule has 4 heteroatoms. The van der Waals surface area contributed by atoms with Crippen LogP contribution in [0.1, 0.15) is 19.3 Å². The van der Waals surface area contributed by atoms with Crippen LogP contribution < -0.4 is 10.1 Å². The second kappa shape index (κ2) is 4.98. The summed E-state index contributed by atoms with van der Waals surface area (Å²) in [5.74, 6) is 0.429. The number of piperidine rings is 1. The normalized spacial score (nSPS) is 21.2. The Hall–Kier alpha value is -1.29. The number of nitrogens with zero attached hydrogens (tertiary/aromatic N) is 1. The summed E-state index contributed by atoms with van der Waals surface area (Å²) in [6.45, 7) is 1.63. The second-order valence-electron chi connectivity index (χ2n) is 3.79. The average Bonchev–Trinajstić information content (AvgIpc) is 2.29. The summed E-state index contributed by atoms with van der Waals surface area (Å²) < 4.78 is 5.45. The number of nitrogens with one attached hydrogen (secondary N) is 1. The Morgan fingerprint density at radius 2 is 2.47 bits per heavy atom. The molecule has 1 saturated heterocycles. The first-order valence-electron chi connectivity index (χ1n) is 5.36. The molecule has 1 aliphatic heterocycles. The molecule has 1 aromatic heterocycles. The number of rotatable bonds is 3. The first-order valence-corrected chi connectivity index (χ1v) is 5.36. The maximum Gasteiger partial charge on any atom is 0.256 e. The van der Waals surface area contributed by atoms with Gasteiger partial charge in [0.1, 0.15) is 6.61 Å². The van der Waals surface area contributed by atoms with Crippen LogP contribution in [0.3, 0.4) is 0 Å². The summed E-state index contributed by atoms with van der Waals surface area (Å²) >= 11 is 0. The maximum absolute atomic E-state index is 9.43. The van der Waals surface area contributed by atoms with Crippen LogP contribution in [-0.2, 0) is 0 Å². The molecular formula is C11H16N2O2. The van der Waals surface area contributed by atoms with Crippen molar-refractivity contribution in [1.29, 1.82) is 0 Å². The van der Waals surface area contributed by atoms with E-state index in [2.05, 4.69) is 10.3 Å². The van der Waals surface area contributed by atoms with Crippen molar-refractivity contribution in [2.75, 3.05) is 13.2 Å². The van der Waals surface area contributed by atoms with Gasteiger partial charge in [-0.25, -0.2) is 4.98 Å². The molecule has 0 amide bonds. The number of aromatic nitrogens is 1. The quantitative estimate of drug-likeness (QED) is 0.786. The van der Waals surface area contributed by atoms with Crippen LogP contribution in [0.15, 0.2) is 18.3 Å². The van der Waals surface area contributed by atoms with Crippen LogP contribution in [0.25, 0.3) is 0 Å². The third-order valence-corrected chi connectivity index (χ3v) is 2.58. The summed E-state index contributed by atoms with van der Waals surface area (Å²) in [6, 6.07) is 3.65. The van der Waals surface area contributed by atoms with E-state index in [0.717, 1.165) is 13.0 Å². The van der Waals surface area contributed by atoms with Gasteiger partial charge in [0, 0.05) is 12.2 Å². The van der Waals surface area contributed by atoms with E-state index in [4.69, 9.17) is 4.74 Å². The van der Waals surface area contributed by atoms with Crippen molar-refractivity contribution in [1.82, 2.24) is 10.3 Å². The minimum absolute atomic E-state index is 0.105. The van der Waals surface area contributed by atoms with Gasteiger partial charge in [0.15, 0.2) is 5.75 Å². The molecule has 2 heterocycles. The monoisotopic (exact) mass is 208 g/mol. The van der Waals surface area contributed by atoms with Crippen molar-refractivity contribution in [3.63, 3.8) is 0 Å². The van der Waals surface area contributed by atoms with Crippen LogP contribution in [0.4, 0.5) is 0 Å². The zero-order valence-corrected chi connectivity index (χ0v) is 8.65. The van der Waals surface area contributed by atoms with Crippen LogP contribution in [-0.4, -0.2) is 29.3 Å². The zero-order chi connectivity index (χ0) is 10.5. The van der Waals surface area contributed by atoms with E-state index in [-0.39, 0.29) is 5.75 Å². The zero-order valence-electron chi connectivity index (χ0n) is 8.65. The Kier molecular flexibility index (Phi) is 3.40. The molecule has 4 nitrogen and oxygen atoms in total. The fourth-order valence-corrected chi connectivity index (χ4v) is 1.74. The topological polar surface area (TPSA) is 54.4 Å². The van der Waals surface area contributed by atoms with Crippen molar-refractivity contribution < 1.29 is 9.84 Å². The van der Waals surface area contributed by atoms with Gasteiger partial charge in [-0.15, -0.1) is 0 Å². The smallest absolute Gasteiger partial charge is 0.256 e. The molecule has 0 radical (unpaired) electrons. The van der Waals surface area contributed by atoms with Crippen molar-refractivity contribution in [3.05, 3.63) is 18.3 Å². The summed E-state index contributed by atoms with van der Waals surface area (Å²) in [5.41, 5.74) is 0. The predicted molar refractivity (Wildman–Crippen MR) is 57.0 cm³/mol. The number of aromatic hydroxyl groups is 1. The lowest BCUT2D eigenvalue weighted by atomic mass is 10.1. The Bertz CT molecular complexity index is 311. The highest BCUT2D eigenvalue weighted by Crippen LogP contribution is 2.21. The van der Waals surface area contributed by atoms with Gasteiger partial charge in [0.05, 0.1) is 0 Å². The van der Waals surface area contributed by atoms with E-state index in [9.17, 15) is 5.11 Å². The lowest BCUT2D eigenvalue weighted by Crippen LogP contribution is -2.38. The van der Waals surface area contributed by atoms with Gasteiger partial charge >= 0.3 is 0 Å². The molecule has 1 aromatic rings. The largest absolute Gasteiger partial charge is 0.503 e. The molecule has 0 saturated carbocycles. The van der Waals surface area contributed by atoms with Gasteiger partial charge < -0.3 is 15.2 Å². The van der Waals surface area contributed by atoms with Crippen LogP contribution in [0, 0.1) is 0 Å². The van der Waals surface area contributed by atoms with E-state index in [1.807, 2.05) is 0 Å². The summed E-state index contributed by atoms with van der Waals surface area (Å²) in [7, 11) is 0. The number of pyridine rings is 1. The predicted octanol–water partition coefficient (Wildman–Crippen LogP) is 1.31. The molecule has 0 bridgehead atoms. The number of ether oxygens (including phenoxy) is 1. The van der Waals surface area contributed by atoms with E-state index < -0.39 is 0 Å². The minimum atomic E-state index is 0.105. The Morgan fingerprint density at radius 1 is 1.53 bits per heavy atom. The average molecular weight is 208 g/mol. The Labute approximate surface area is 89.3 Å². The number of hydrogen-bond acceptors (Lipinski definition) is 4. The standard InChI is InChI=1S/C11H16N2O2/c14-10-5-3-7-13-11(10)15-8-9-4-1-2-6-12-9/h3,5,7,9,12,14H,1-2,4,6,8H2/t9-/m0/s1. The first kappa shape index (κ1) is 10.2. The van der Waals surface area contributed by atoms with Gasteiger partial charge in [0.25, 0.3) is 5.88 Å². The molecule has 0 spiro atoms. The summed E-state index contributed by atoms with van der Waals surface area (Å²) in [4.78, 5) is 3.96. The second-order valence-corrected chi connectivity index (χ2v) is 3.79. The van der Waals surface area contributed by atoms with Gasteiger partial charge in [-0.05, 0) is 31.5 Å². The molecule has 0 aliphatic carbocycles. The van der Waals surface area contributed by atoms with Crippen LogP contribution >= 0.6 is 0 Å². The summed E-state index contributed by atoms with van der Waals surface area (Å²) in [6.07, 6.45) is 5.23.